The maximum atomic E-state index is 6.09. The first-order valence-electron chi connectivity index (χ1n) is 6.27. The van der Waals surface area contributed by atoms with Gasteiger partial charge in [0.15, 0.2) is 5.82 Å². The lowest BCUT2D eigenvalue weighted by Crippen LogP contribution is -1.98. The van der Waals surface area contributed by atoms with Crippen molar-refractivity contribution >= 4 is 60.9 Å². The number of nitrogens with zero attached hydrogens (tertiary/aromatic N) is 3. The SMILES string of the molecule is Nc1nc(-c2ccc3scnc3c2)nc2ccc(I)cc12. The van der Waals surface area contributed by atoms with Gasteiger partial charge >= 0.3 is 0 Å². The minimum absolute atomic E-state index is 0.506. The lowest BCUT2D eigenvalue weighted by atomic mass is 10.1. The zero-order chi connectivity index (χ0) is 14.4. The van der Waals surface area contributed by atoms with Crippen molar-refractivity contribution in [3.63, 3.8) is 0 Å². The third kappa shape index (κ3) is 2.24. The standard InChI is InChI=1S/C15H9IN4S/c16-9-2-3-11-10(6-9)14(17)20-15(19-11)8-1-4-13-12(5-8)18-7-21-13/h1-7H,(H2,17,19,20). The number of anilines is 1. The van der Waals surface area contributed by atoms with Gasteiger partial charge in [0.1, 0.15) is 5.82 Å². The van der Waals surface area contributed by atoms with Crippen molar-refractivity contribution in [1.29, 1.82) is 0 Å². The van der Waals surface area contributed by atoms with Gasteiger partial charge in [-0.05, 0) is 59.0 Å². The molecule has 4 aromatic rings. The van der Waals surface area contributed by atoms with Gasteiger partial charge in [-0.15, -0.1) is 11.3 Å². The lowest BCUT2D eigenvalue weighted by Gasteiger charge is -2.06. The Kier molecular flexibility index (Phi) is 3.00. The van der Waals surface area contributed by atoms with Crippen LogP contribution < -0.4 is 5.73 Å². The number of hydrogen-bond donors (Lipinski definition) is 1. The summed E-state index contributed by atoms with van der Waals surface area (Å²) in [7, 11) is 0. The van der Waals surface area contributed by atoms with Crippen LogP contribution in [0.3, 0.4) is 0 Å². The normalized spacial score (nSPS) is 11.3. The average Bonchev–Trinajstić information content (AvgIpc) is 2.95. The van der Waals surface area contributed by atoms with Crippen LogP contribution in [0.4, 0.5) is 5.82 Å². The van der Waals surface area contributed by atoms with E-state index < -0.39 is 0 Å². The molecule has 0 atom stereocenters. The zero-order valence-electron chi connectivity index (χ0n) is 10.7. The van der Waals surface area contributed by atoms with Gasteiger partial charge in [-0.1, -0.05) is 0 Å². The van der Waals surface area contributed by atoms with Gasteiger partial charge in [-0.25, -0.2) is 15.0 Å². The van der Waals surface area contributed by atoms with E-state index in [0.717, 1.165) is 30.3 Å². The minimum Gasteiger partial charge on any atom is -0.383 e. The number of thiazole rings is 1. The van der Waals surface area contributed by atoms with E-state index in [1.54, 1.807) is 11.3 Å². The van der Waals surface area contributed by atoms with Crippen LogP contribution in [-0.2, 0) is 0 Å². The molecule has 0 bridgehead atoms. The monoisotopic (exact) mass is 404 g/mol. The fraction of sp³-hybridized carbons (Fsp3) is 0. The molecule has 4 rings (SSSR count). The molecule has 0 aliphatic carbocycles. The van der Waals surface area contributed by atoms with E-state index in [0.29, 0.717) is 11.6 Å². The van der Waals surface area contributed by atoms with Crippen LogP contribution in [0.25, 0.3) is 32.5 Å². The summed E-state index contributed by atoms with van der Waals surface area (Å²) in [6, 6.07) is 12.0. The van der Waals surface area contributed by atoms with Crippen LogP contribution in [0.5, 0.6) is 0 Å². The van der Waals surface area contributed by atoms with Gasteiger partial charge in [0.25, 0.3) is 0 Å². The number of nitrogens with two attached hydrogens (primary N) is 1. The quantitative estimate of drug-likeness (QED) is 0.486. The van der Waals surface area contributed by atoms with Gasteiger partial charge < -0.3 is 5.73 Å². The second-order valence-corrected chi connectivity index (χ2v) is 6.76. The third-order valence-corrected chi connectivity index (χ3v) is 4.76. The number of hydrogen-bond acceptors (Lipinski definition) is 5. The van der Waals surface area contributed by atoms with E-state index in [1.807, 2.05) is 41.9 Å². The first-order chi connectivity index (χ1) is 10.2. The number of fused-ring (bicyclic) bond motifs is 2. The number of benzene rings is 2. The van der Waals surface area contributed by atoms with Crippen LogP contribution in [0.15, 0.2) is 41.9 Å². The Hall–Kier alpha value is -1.80. The molecule has 21 heavy (non-hydrogen) atoms. The molecule has 0 aliphatic rings. The summed E-state index contributed by atoms with van der Waals surface area (Å²) in [6.07, 6.45) is 0. The lowest BCUT2D eigenvalue weighted by molar-refractivity contribution is 1.23. The van der Waals surface area contributed by atoms with Crippen molar-refractivity contribution in [1.82, 2.24) is 15.0 Å². The third-order valence-electron chi connectivity index (χ3n) is 3.28. The Balaban J connectivity index is 1.95. The van der Waals surface area contributed by atoms with Crippen molar-refractivity contribution in [3.8, 4) is 11.4 Å². The van der Waals surface area contributed by atoms with Gasteiger partial charge in [0.2, 0.25) is 0 Å². The Bertz CT molecular complexity index is 980. The van der Waals surface area contributed by atoms with Gasteiger partial charge in [0.05, 0.1) is 21.2 Å². The van der Waals surface area contributed by atoms with Gasteiger partial charge in [0, 0.05) is 14.5 Å². The number of halogens is 1. The highest BCUT2D eigenvalue weighted by Crippen LogP contribution is 2.27. The summed E-state index contributed by atoms with van der Waals surface area (Å²) in [5.41, 5.74) is 10.7. The molecule has 6 heteroatoms. The molecular weight excluding hydrogens is 395 g/mol. The van der Waals surface area contributed by atoms with Crippen molar-refractivity contribution in [2.45, 2.75) is 0 Å². The van der Waals surface area contributed by atoms with Crippen LogP contribution in [0, 0.1) is 3.57 Å². The second-order valence-electron chi connectivity index (χ2n) is 4.63. The molecule has 0 saturated carbocycles. The fourth-order valence-corrected chi connectivity index (χ4v) is 3.40. The van der Waals surface area contributed by atoms with Crippen LogP contribution in [0.2, 0.25) is 0 Å². The van der Waals surface area contributed by atoms with Gasteiger partial charge in [-0.3, -0.25) is 0 Å². The maximum absolute atomic E-state index is 6.09. The zero-order valence-corrected chi connectivity index (χ0v) is 13.7. The highest BCUT2D eigenvalue weighted by Gasteiger charge is 2.09. The van der Waals surface area contributed by atoms with E-state index in [9.17, 15) is 0 Å². The largest absolute Gasteiger partial charge is 0.383 e. The first-order valence-corrected chi connectivity index (χ1v) is 8.23. The van der Waals surface area contributed by atoms with Crippen molar-refractivity contribution in [3.05, 3.63) is 45.5 Å². The molecule has 2 aromatic carbocycles. The molecular formula is C15H9IN4S. The number of nitrogen functional groups attached to an aromatic ring is 1. The highest BCUT2D eigenvalue weighted by atomic mass is 127. The molecule has 0 radical (unpaired) electrons. The van der Waals surface area contributed by atoms with Crippen LogP contribution >= 0.6 is 33.9 Å². The topological polar surface area (TPSA) is 64.7 Å². The number of aromatic nitrogens is 3. The van der Waals surface area contributed by atoms with E-state index in [4.69, 9.17) is 5.73 Å². The van der Waals surface area contributed by atoms with E-state index in [1.165, 1.54) is 0 Å². The Labute approximate surface area is 138 Å². The summed E-state index contributed by atoms with van der Waals surface area (Å²) in [5.74, 6) is 1.14. The summed E-state index contributed by atoms with van der Waals surface area (Å²) in [4.78, 5) is 13.4. The average molecular weight is 404 g/mol. The first kappa shape index (κ1) is 12.9. The van der Waals surface area contributed by atoms with Crippen molar-refractivity contribution < 1.29 is 0 Å². The predicted molar refractivity (Wildman–Crippen MR) is 95.3 cm³/mol. The molecule has 0 aliphatic heterocycles. The smallest absolute Gasteiger partial charge is 0.162 e. The van der Waals surface area contributed by atoms with Crippen LogP contribution in [0.1, 0.15) is 0 Å². The Morgan fingerprint density at radius 1 is 1.00 bits per heavy atom. The minimum atomic E-state index is 0.506. The molecule has 102 valence electrons. The van der Waals surface area contributed by atoms with Gasteiger partial charge in [-0.2, -0.15) is 0 Å². The van der Waals surface area contributed by atoms with Crippen LogP contribution in [-0.4, -0.2) is 15.0 Å². The molecule has 2 aromatic heterocycles. The maximum Gasteiger partial charge on any atom is 0.162 e. The Morgan fingerprint density at radius 2 is 1.90 bits per heavy atom. The summed E-state index contributed by atoms with van der Waals surface area (Å²) < 4.78 is 2.27. The summed E-state index contributed by atoms with van der Waals surface area (Å²) >= 11 is 3.88. The molecule has 2 N–H and O–H groups in total. The Morgan fingerprint density at radius 3 is 2.81 bits per heavy atom. The van der Waals surface area contributed by atoms with Crippen molar-refractivity contribution in [2.75, 3.05) is 5.73 Å². The molecule has 0 amide bonds. The molecule has 0 unspecified atom stereocenters. The predicted octanol–water partition coefficient (Wildman–Crippen LogP) is 4.09. The van der Waals surface area contributed by atoms with E-state index in [-0.39, 0.29) is 0 Å². The molecule has 0 fully saturated rings. The molecule has 0 spiro atoms. The molecule has 0 saturated heterocycles. The molecule has 4 nitrogen and oxygen atoms in total. The van der Waals surface area contributed by atoms with E-state index >= 15 is 0 Å². The van der Waals surface area contributed by atoms with E-state index in [2.05, 4.69) is 37.5 Å². The summed E-state index contributed by atoms with van der Waals surface area (Å²) in [5, 5.41) is 0.889. The number of rotatable bonds is 1. The van der Waals surface area contributed by atoms with Crippen molar-refractivity contribution in [2.24, 2.45) is 0 Å². The highest BCUT2D eigenvalue weighted by molar-refractivity contribution is 14.1. The molecule has 2 heterocycles. The second kappa shape index (κ2) is 4.88. The fourth-order valence-electron chi connectivity index (χ4n) is 2.25. The summed E-state index contributed by atoms with van der Waals surface area (Å²) in [6.45, 7) is 0.